The van der Waals surface area contributed by atoms with E-state index in [1.807, 2.05) is 18.2 Å². The fourth-order valence-electron chi connectivity index (χ4n) is 1.75. The molecule has 0 heterocycles. The van der Waals surface area contributed by atoms with Crippen molar-refractivity contribution in [1.29, 1.82) is 0 Å². The molecule has 0 aromatic heterocycles. The lowest BCUT2D eigenvalue weighted by Crippen LogP contribution is -2.16. The molecule has 0 saturated heterocycles. The molecule has 3 nitrogen and oxygen atoms in total. The standard InChI is InChI=1S/C14H22O.H4N2/c1-13(2,3)10-8-7-9-11(12(10)15)14(4,5)6;1-2/h7-9,15H,1-6H3;1-2H2. The van der Waals surface area contributed by atoms with Crippen LogP contribution < -0.4 is 11.7 Å². The minimum atomic E-state index is -0.00859. The van der Waals surface area contributed by atoms with Crippen LogP contribution in [0.15, 0.2) is 18.2 Å². The van der Waals surface area contributed by atoms with Crippen LogP contribution in [-0.2, 0) is 10.8 Å². The molecular weight excluding hydrogens is 212 g/mol. The maximum Gasteiger partial charge on any atom is 0.123 e. The Balaban J connectivity index is 0.00000121. The van der Waals surface area contributed by atoms with Crippen LogP contribution in [-0.4, -0.2) is 5.11 Å². The van der Waals surface area contributed by atoms with Crippen LogP contribution in [0, 0.1) is 0 Å². The van der Waals surface area contributed by atoms with Crippen molar-refractivity contribution >= 4 is 0 Å². The maximum absolute atomic E-state index is 10.3. The Morgan fingerprint density at radius 2 is 1.12 bits per heavy atom. The minimum absolute atomic E-state index is 0.00859. The third kappa shape index (κ3) is 4.02. The van der Waals surface area contributed by atoms with Crippen molar-refractivity contribution in [2.45, 2.75) is 52.4 Å². The van der Waals surface area contributed by atoms with E-state index in [0.717, 1.165) is 11.1 Å². The summed E-state index contributed by atoms with van der Waals surface area (Å²) >= 11 is 0. The molecule has 0 aliphatic heterocycles. The van der Waals surface area contributed by atoms with E-state index in [-0.39, 0.29) is 10.8 Å². The van der Waals surface area contributed by atoms with Crippen LogP contribution in [0.1, 0.15) is 52.7 Å². The molecule has 0 radical (unpaired) electrons. The summed E-state index contributed by atoms with van der Waals surface area (Å²) in [5.74, 6) is 8.46. The zero-order valence-corrected chi connectivity index (χ0v) is 11.8. The molecule has 1 aromatic carbocycles. The van der Waals surface area contributed by atoms with Crippen LogP contribution >= 0.6 is 0 Å². The van der Waals surface area contributed by atoms with Crippen molar-refractivity contribution in [3.63, 3.8) is 0 Å². The largest absolute Gasteiger partial charge is 0.507 e. The molecule has 17 heavy (non-hydrogen) atoms. The van der Waals surface area contributed by atoms with E-state index in [1.165, 1.54) is 0 Å². The zero-order valence-electron chi connectivity index (χ0n) is 11.8. The van der Waals surface area contributed by atoms with Crippen LogP contribution in [0.5, 0.6) is 5.75 Å². The van der Waals surface area contributed by atoms with Gasteiger partial charge in [0.15, 0.2) is 0 Å². The van der Waals surface area contributed by atoms with Gasteiger partial charge in [0, 0.05) is 0 Å². The zero-order chi connectivity index (χ0) is 13.9. The van der Waals surface area contributed by atoms with Gasteiger partial charge in [-0.1, -0.05) is 59.7 Å². The predicted molar refractivity (Wildman–Crippen MR) is 73.9 cm³/mol. The first-order valence-electron chi connectivity index (χ1n) is 5.80. The molecule has 0 amide bonds. The van der Waals surface area contributed by atoms with Crippen molar-refractivity contribution in [2.24, 2.45) is 11.7 Å². The fraction of sp³-hybridized carbons (Fsp3) is 0.571. The van der Waals surface area contributed by atoms with Crippen molar-refractivity contribution in [3.8, 4) is 5.75 Å². The van der Waals surface area contributed by atoms with Crippen molar-refractivity contribution in [3.05, 3.63) is 29.3 Å². The lowest BCUT2D eigenvalue weighted by molar-refractivity contribution is 0.423. The molecule has 0 atom stereocenters. The molecule has 0 unspecified atom stereocenters. The molecule has 0 saturated carbocycles. The minimum Gasteiger partial charge on any atom is -0.507 e. The van der Waals surface area contributed by atoms with Gasteiger partial charge in [0.2, 0.25) is 0 Å². The van der Waals surface area contributed by atoms with Gasteiger partial charge in [-0.05, 0) is 22.0 Å². The van der Waals surface area contributed by atoms with Gasteiger partial charge in [0.25, 0.3) is 0 Å². The smallest absolute Gasteiger partial charge is 0.123 e. The first-order chi connectivity index (χ1) is 7.64. The summed E-state index contributed by atoms with van der Waals surface area (Å²) in [5, 5.41) is 10.3. The average molecular weight is 238 g/mol. The molecule has 0 aliphatic rings. The molecule has 1 rings (SSSR count). The summed E-state index contributed by atoms with van der Waals surface area (Å²) in [6, 6.07) is 6.04. The normalized spacial score (nSPS) is 11.8. The predicted octanol–water partition coefficient (Wildman–Crippen LogP) is 2.81. The van der Waals surface area contributed by atoms with Crippen LogP contribution in [0.25, 0.3) is 0 Å². The summed E-state index contributed by atoms with van der Waals surface area (Å²) in [4.78, 5) is 0. The monoisotopic (exact) mass is 238 g/mol. The Morgan fingerprint density at radius 3 is 1.35 bits per heavy atom. The first-order valence-corrected chi connectivity index (χ1v) is 5.80. The Bertz CT molecular complexity index is 327. The topological polar surface area (TPSA) is 72.3 Å². The van der Waals surface area contributed by atoms with Gasteiger partial charge in [0.1, 0.15) is 5.75 Å². The second kappa shape index (κ2) is 5.52. The number of para-hydroxylation sites is 1. The highest BCUT2D eigenvalue weighted by molar-refractivity contribution is 5.46. The average Bonchev–Trinajstić information content (AvgIpc) is 2.17. The van der Waals surface area contributed by atoms with Gasteiger partial charge < -0.3 is 5.11 Å². The van der Waals surface area contributed by atoms with Gasteiger partial charge in [-0.2, -0.15) is 0 Å². The number of phenolic OH excluding ortho intramolecular Hbond substituents is 1. The number of hydrogen-bond acceptors (Lipinski definition) is 3. The Kier molecular flexibility index (Phi) is 5.17. The van der Waals surface area contributed by atoms with E-state index in [0.29, 0.717) is 5.75 Å². The summed E-state index contributed by atoms with van der Waals surface area (Å²) in [7, 11) is 0. The lowest BCUT2D eigenvalue weighted by atomic mass is 9.80. The van der Waals surface area contributed by atoms with Gasteiger partial charge in [-0.15, -0.1) is 0 Å². The van der Waals surface area contributed by atoms with E-state index < -0.39 is 0 Å². The molecule has 5 N–H and O–H groups in total. The van der Waals surface area contributed by atoms with Crippen molar-refractivity contribution in [1.82, 2.24) is 0 Å². The summed E-state index contributed by atoms with van der Waals surface area (Å²) in [6.07, 6.45) is 0. The number of benzene rings is 1. The highest BCUT2D eigenvalue weighted by Crippen LogP contribution is 2.38. The first kappa shape index (κ1) is 15.9. The summed E-state index contributed by atoms with van der Waals surface area (Å²) in [6.45, 7) is 12.7. The highest BCUT2D eigenvalue weighted by atomic mass is 16.3. The van der Waals surface area contributed by atoms with Crippen LogP contribution in [0.4, 0.5) is 0 Å². The molecule has 0 aliphatic carbocycles. The summed E-state index contributed by atoms with van der Waals surface area (Å²) in [5.41, 5.74) is 2.03. The molecule has 0 spiro atoms. The van der Waals surface area contributed by atoms with E-state index in [9.17, 15) is 5.11 Å². The number of rotatable bonds is 0. The second-order valence-corrected chi connectivity index (χ2v) is 6.20. The van der Waals surface area contributed by atoms with Gasteiger partial charge in [0.05, 0.1) is 0 Å². The SMILES string of the molecule is CC(C)(C)c1cccc(C(C)(C)C)c1O.NN. The fourth-order valence-corrected chi connectivity index (χ4v) is 1.75. The third-order valence-electron chi connectivity index (χ3n) is 2.65. The van der Waals surface area contributed by atoms with E-state index in [4.69, 9.17) is 0 Å². The molecule has 0 bridgehead atoms. The number of hydrogen-bond donors (Lipinski definition) is 3. The Hall–Kier alpha value is -1.06. The van der Waals surface area contributed by atoms with Gasteiger partial charge in [-0.3, -0.25) is 11.7 Å². The molecule has 0 fully saturated rings. The second-order valence-electron chi connectivity index (χ2n) is 6.20. The number of phenols is 1. The maximum atomic E-state index is 10.3. The van der Waals surface area contributed by atoms with Gasteiger partial charge >= 0.3 is 0 Å². The Labute approximate surface area is 105 Å². The van der Waals surface area contributed by atoms with E-state index in [2.05, 4.69) is 53.2 Å². The lowest BCUT2D eigenvalue weighted by Gasteiger charge is -2.26. The highest BCUT2D eigenvalue weighted by Gasteiger charge is 2.24. The number of nitrogens with two attached hydrogens (primary N) is 2. The van der Waals surface area contributed by atoms with Crippen molar-refractivity contribution < 1.29 is 5.11 Å². The third-order valence-corrected chi connectivity index (χ3v) is 2.65. The molecular formula is C14H26N2O. The Morgan fingerprint density at radius 1 is 0.824 bits per heavy atom. The quantitative estimate of drug-likeness (QED) is 0.480. The molecule has 1 aromatic rings. The van der Waals surface area contributed by atoms with Crippen LogP contribution in [0.3, 0.4) is 0 Å². The van der Waals surface area contributed by atoms with Gasteiger partial charge in [-0.25, -0.2) is 0 Å². The molecule has 98 valence electrons. The van der Waals surface area contributed by atoms with E-state index >= 15 is 0 Å². The van der Waals surface area contributed by atoms with Crippen LogP contribution in [0.2, 0.25) is 0 Å². The van der Waals surface area contributed by atoms with Crippen molar-refractivity contribution in [2.75, 3.05) is 0 Å². The summed E-state index contributed by atoms with van der Waals surface area (Å²) < 4.78 is 0. The van der Waals surface area contributed by atoms with E-state index in [1.54, 1.807) is 0 Å². The number of aromatic hydroxyl groups is 1. The number of hydrazine groups is 1. The molecule has 3 heteroatoms.